The molecule has 0 aliphatic carbocycles. The molecule has 4 aromatic carbocycles. The van der Waals surface area contributed by atoms with Crippen LogP contribution in [-0.4, -0.2) is 15.3 Å². The Morgan fingerprint density at radius 2 is 1.03 bits per heavy atom. The van der Waals surface area contributed by atoms with Crippen LogP contribution in [0.1, 0.15) is 0 Å². The summed E-state index contributed by atoms with van der Waals surface area (Å²) in [7, 11) is 0. The van der Waals surface area contributed by atoms with Crippen LogP contribution in [0.25, 0.3) is 44.6 Å². The summed E-state index contributed by atoms with van der Waals surface area (Å²) < 4.78 is 11.2. The summed E-state index contributed by atoms with van der Waals surface area (Å²) in [5.41, 5.74) is 1.72. The quantitative estimate of drug-likeness (QED) is 0.252. The molecule has 0 atom stereocenters. The zero-order chi connectivity index (χ0) is 25.9. The van der Waals surface area contributed by atoms with Crippen LogP contribution in [0.2, 0.25) is 0 Å². The van der Waals surface area contributed by atoms with Gasteiger partial charge in [-0.15, -0.1) is 0 Å². The second kappa shape index (κ2) is 9.75. The lowest BCUT2D eigenvalue weighted by molar-refractivity contribution is 0.370. The zero-order valence-corrected chi connectivity index (χ0v) is 19.3. The second-order valence-corrected chi connectivity index (χ2v) is 8.14. The molecule has 0 radical (unpaired) electrons. The minimum atomic E-state index is -0.739. The fourth-order valence-electron chi connectivity index (χ4n) is 3.87. The van der Waals surface area contributed by atoms with E-state index in [0.29, 0.717) is 28.1 Å². The molecule has 37 heavy (non-hydrogen) atoms. The van der Waals surface area contributed by atoms with E-state index in [1.807, 2.05) is 54.6 Å². The molecule has 0 saturated heterocycles. The van der Waals surface area contributed by atoms with Crippen LogP contribution in [0.15, 0.2) is 122 Å². The number of benzene rings is 4. The highest BCUT2D eigenvalue weighted by atomic mass is 16.3. The van der Waals surface area contributed by atoms with Crippen molar-refractivity contribution < 1.29 is 24.2 Å². The number of phenols is 3. The van der Waals surface area contributed by atoms with Crippen molar-refractivity contribution in [3.05, 3.63) is 124 Å². The standard InChI is InChI=1S/C15H10O5.C15H10O2/c16-9-6-11(8-4-2-1-3-5-8)20-12-7-10(17)14(18)15(19)13(9)12;16-13-10-15(11-6-2-1-3-7-11)17-14-9-5-4-8-12(13)14/h1-7,17-19H;1-10H. The van der Waals surface area contributed by atoms with Crippen LogP contribution in [0.4, 0.5) is 0 Å². The number of hydrogen-bond acceptors (Lipinski definition) is 7. The summed E-state index contributed by atoms with van der Waals surface area (Å²) in [6.07, 6.45) is 0. The molecular weight excluding hydrogens is 472 g/mol. The van der Waals surface area contributed by atoms with Gasteiger partial charge in [-0.05, 0) is 12.1 Å². The van der Waals surface area contributed by atoms with Crippen molar-refractivity contribution in [3.63, 3.8) is 0 Å². The van der Waals surface area contributed by atoms with Crippen LogP contribution in [0, 0.1) is 0 Å². The Morgan fingerprint density at radius 3 is 1.65 bits per heavy atom. The molecule has 6 aromatic rings. The number of para-hydroxylation sites is 1. The zero-order valence-electron chi connectivity index (χ0n) is 19.3. The highest BCUT2D eigenvalue weighted by Crippen LogP contribution is 2.40. The average Bonchev–Trinajstić information content (AvgIpc) is 2.93. The van der Waals surface area contributed by atoms with Gasteiger partial charge in [0, 0.05) is 29.3 Å². The van der Waals surface area contributed by atoms with Crippen molar-refractivity contribution in [1.82, 2.24) is 0 Å². The van der Waals surface area contributed by atoms with Gasteiger partial charge in [0.2, 0.25) is 5.75 Å². The highest BCUT2D eigenvalue weighted by Gasteiger charge is 2.17. The largest absolute Gasteiger partial charge is 0.504 e. The summed E-state index contributed by atoms with van der Waals surface area (Å²) in [6.45, 7) is 0. The molecule has 0 bridgehead atoms. The van der Waals surface area contributed by atoms with E-state index in [1.165, 1.54) is 12.1 Å². The Balaban J connectivity index is 0.000000153. The van der Waals surface area contributed by atoms with E-state index in [0.717, 1.165) is 11.6 Å². The average molecular weight is 492 g/mol. The molecule has 0 amide bonds. The molecule has 0 aliphatic heterocycles. The lowest BCUT2D eigenvalue weighted by atomic mass is 10.1. The molecule has 2 heterocycles. The Bertz CT molecular complexity index is 1840. The summed E-state index contributed by atoms with van der Waals surface area (Å²) in [5, 5.41) is 29.1. The van der Waals surface area contributed by atoms with Crippen LogP contribution in [-0.2, 0) is 0 Å². The minimum absolute atomic E-state index is 0.00385. The maximum atomic E-state index is 12.0. The monoisotopic (exact) mass is 492 g/mol. The fourth-order valence-corrected chi connectivity index (χ4v) is 3.87. The topological polar surface area (TPSA) is 121 Å². The van der Waals surface area contributed by atoms with Gasteiger partial charge in [-0.25, -0.2) is 0 Å². The summed E-state index contributed by atoms with van der Waals surface area (Å²) in [5.74, 6) is -1.06. The molecule has 3 N–H and O–H groups in total. The van der Waals surface area contributed by atoms with Crippen molar-refractivity contribution in [3.8, 4) is 39.9 Å². The first-order valence-electron chi connectivity index (χ1n) is 11.3. The smallest absolute Gasteiger partial charge is 0.201 e. The van der Waals surface area contributed by atoms with E-state index in [2.05, 4.69) is 0 Å². The molecule has 0 fully saturated rings. The SMILES string of the molecule is O=c1cc(-c2ccccc2)oc2cc(O)c(O)c(O)c12.O=c1cc(-c2ccccc2)oc2ccccc12. The lowest BCUT2D eigenvalue weighted by Gasteiger charge is -2.06. The van der Waals surface area contributed by atoms with Crippen molar-refractivity contribution in [2.24, 2.45) is 0 Å². The van der Waals surface area contributed by atoms with Crippen LogP contribution >= 0.6 is 0 Å². The molecule has 0 spiro atoms. The second-order valence-electron chi connectivity index (χ2n) is 8.14. The molecule has 0 saturated carbocycles. The Hall–Kier alpha value is -5.30. The Morgan fingerprint density at radius 1 is 0.514 bits per heavy atom. The maximum Gasteiger partial charge on any atom is 0.201 e. The third-order valence-electron chi connectivity index (χ3n) is 5.70. The Labute approximate surface area is 209 Å². The first-order valence-corrected chi connectivity index (χ1v) is 11.3. The fraction of sp³-hybridized carbons (Fsp3) is 0. The van der Waals surface area contributed by atoms with E-state index >= 15 is 0 Å². The van der Waals surface area contributed by atoms with Gasteiger partial charge in [0.05, 0.1) is 5.39 Å². The van der Waals surface area contributed by atoms with E-state index in [-0.39, 0.29) is 16.4 Å². The third kappa shape index (κ3) is 4.66. The first kappa shape index (κ1) is 23.4. The van der Waals surface area contributed by atoms with Crippen molar-refractivity contribution in [1.29, 1.82) is 0 Å². The van der Waals surface area contributed by atoms with Gasteiger partial charge in [-0.1, -0.05) is 72.8 Å². The normalized spacial score (nSPS) is 10.7. The van der Waals surface area contributed by atoms with Crippen molar-refractivity contribution in [2.75, 3.05) is 0 Å². The van der Waals surface area contributed by atoms with E-state index in [4.69, 9.17) is 8.83 Å². The van der Waals surface area contributed by atoms with Crippen LogP contribution in [0.3, 0.4) is 0 Å². The first-order chi connectivity index (χ1) is 17.9. The van der Waals surface area contributed by atoms with Gasteiger partial charge < -0.3 is 24.2 Å². The molecule has 182 valence electrons. The van der Waals surface area contributed by atoms with Gasteiger partial charge in [0.1, 0.15) is 28.1 Å². The number of hydrogen-bond donors (Lipinski definition) is 3. The van der Waals surface area contributed by atoms with E-state index in [1.54, 1.807) is 30.3 Å². The predicted octanol–water partition coefficient (Wildman–Crippen LogP) is 6.04. The molecule has 7 nitrogen and oxygen atoms in total. The summed E-state index contributed by atoms with van der Waals surface area (Å²) >= 11 is 0. The molecule has 2 aromatic heterocycles. The van der Waals surface area contributed by atoms with Crippen molar-refractivity contribution in [2.45, 2.75) is 0 Å². The number of phenolic OH excluding ortho intramolecular Hbond substituents is 3. The van der Waals surface area contributed by atoms with Gasteiger partial charge in [0.15, 0.2) is 22.4 Å². The number of rotatable bonds is 2. The van der Waals surface area contributed by atoms with Crippen LogP contribution in [0.5, 0.6) is 17.2 Å². The number of aromatic hydroxyl groups is 3. The number of fused-ring (bicyclic) bond motifs is 2. The Kier molecular flexibility index (Phi) is 6.18. The summed E-state index contributed by atoms with van der Waals surface area (Å²) in [6, 6.07) is 29.7. The summed E-state index contributed by atoms with van der Waals surface area (Å²) in [4.78, 5) is 24.0. The van der Waals surface area contributed by atoms with E-state index in [9.17, 15) is 24.9 Å². The van der Waals surface area contributed by atoms with Gasteiger partial charge in [0.25, 0.3) is 0 Å². The molecule has 0 aliphatic rings. The molecule has 6 rings (SSSR count). The van der Waals surface area contributed by atoms with Gasteiger partial charge in [-0.2, -0.15) is 0 Å². The van der Waals surface area contributed by atoms with E-state index < -0.39 is 22.7 Å². The molecule has 0 unspecified atom stereocenters. The minimum Gasteiger partial charge on any atom is -0.504 e. The maximum absolute atomic E-state index is 12.0. The molecular formula is C30H20O7. The highest BCUT2D eigenvalue weighted by molar-refractivity contribution is 5.89. The predicted molar refractivity (Wildman–Crippen MR) is 141 cm³/mol. The van der Waals surface area contributed by atoms with Gasteiger partial charge in [-0.3, -0.25) is 9.59 Å². The third-order valence-corrected chi connectivity index (χ3v) is 5.70. The molecule has 7 heteroatoms. The van der Waals surface area contributed by atoms with Gasteiger partial charge >= 0.3 is 0 Å². The van der Waals surface area contributed by atoms with Crippen LogP contribution < -0.4 is 10.9 Å². The van der Waals surface area contributed by atoms with Crippen molar-refractivity contribution >= 4 is 21.9 Å². The lowest BCUT2D eigenvalue weighted by Crippen LogP contribution is -2.00.